The molecule has 26 heavy (non-hydrogen) atoms. The minimum absolute atomic E-state index is 0.0466. The van der Waals surface area contributed by atoms with Gasteiger partial charge in [-0.15, -0.1) is 0 Å². The van der Waals surface area contributed by atoms with Crippen LogP contribution in [-0.2, 0) is 30.6 Å². The summed E-state index contributed by atoms with van der Waals surface area (Å²) in [6, 6.07) is 5.21. The summed E-state index contributed by atoms with van der Waals surface area (Å²) in [4.78, 5) is 24.2. The predicted molar refractivity (Wildman–Crippen MR) is 94.9 cm³/mol. The van der Waals surface area contributed by atoms with E-state index >= 15 is 0 Å². The molecule has 0 unspecified atom stereocenters. The largest absolute Gasteiger partial charge is 0.492 e. The number of hydrogen-bond acceptors (Lipinski definition) is 6. The van der Waals surface area contributed by atoms with Gasteiger partial charge in [-0.05, 0) is 43.5 Å². The fourth-order valence-corrected chi connectivity index (χ4v) is 5.54. The van der Waals surface area contributed by atoms with Crippen molar-refractivity contribution >= 4 is 33.3 Å². The molecular weight excluding hydrogens is 382 g/mol. The molecule has 0 spiro atoms. The number of rotatable bonds is 4. The SMILES string of the molecule is C[C@@]1(NC(=O)COC(=O)[C@H]2COc3ccc(Cl)cc3C2)CCS(=O)(=O)C1. The average molecular weight is 402 g/mol. The quantitative estimate of drug-likeness (QED) is 0.759. The lowest BCUT2D eigenvalue weighted by Gasteiger charge is -2.25. The lowest BCUT2D eigenvalue weighted by Crippen LogP contribution is -2.48. The van der Waals surface area contributed by atoms with Crippen molar-refractivity contribution in [3.8, 4) is 5.75 Å². The van der Waals surface area contributed by atoms with E-state index < -0.39 is 39.8 Å². The minimum atomic E-state index is -3.13. The summed E-state index contributed by atoms with van der Waals surface area (Å²) in [6.45, 7) is 1.39. The van der Waals surface area contributed by atoms with Crippen LogP contribution in [0.3, 0.4) is 0 Å². The molecular formula is C17H20ClNO6S. The van der Waals surface area contributed by atoms with Gasteiger partial charge in [0.15, 0.2) is 16.4 Å². The average Bonchev–Trinajstić information content (AvgIpc) is 2.84. The van der Waals surface area contributed by atoms with Gasteiger partial charge in [0.2, 0.25) is 0 Å². The summed E-state index contributed by atoms with van der Waals surface area (Å²) in [6.07, 6.45) is 0.773. The molecule has 1 amide bonds. The van der Waals surface area contributed by atoms with Crippen LogP contribution < -0.4 is 10.1 Å². The van der Waals surface area contributed by atoms with Gasteiger partial charge >= 0.3 is 5.97 Å². The number of nitrogens with one attached hydrogen (secondary N) is 1. The van der Waals surface area contributed by atoms with E-state index in [-0.39, 0.29) is 18.1 Å². The summed E-state index contributed by atoms with van der Waals surface area (Å²) >= 11 is 5.95. The zero-order chi connectivity index (χ0) is 18.9. The number of halogens is 1. The van der Waals surface area contributed by atoms with Gasteiger partial charge in [0, 0.05) is 5.02 Å². The van der Waals surface area contributed by atoms with Gasteiger partial charge in [0.05, 0.1) is 23.0 Å². The summed E-state index contributed by atoms with van der Waals surface area (Å²) in [5.41, 5.74) is 0.00483. The standard InChI is InChI=1S/C17H20ClNO6S/c1-17(4-5-26(22,23)10-17)19-15(20)9-25-16(21)12-6-11-7-13(18)2-3-14(11)24-8-12/h2-3,7,12H,4-6,8-10H2,1H3,(H,19,20)/t12-,17-/m1/s1. The smallest absolute Gasteiger partial charge is 0.313 e. The van der Waals surface area contributed by atoms with Crippen LogP contribution >= 0.6 is 11.6 Å². The maximum Gasteiger partial charge on any atom is 0.313 e. The highest BCUT2D eigenvalue weighted by Gasteiger charge is 2.39. The molecule has 2 aliphatic heterocycles. The number of carbonyl (C=O) groups is 2. The number of ether oxygens (including phenoxy) is 2. The minimum Gasteiger partial charge on any atom is -0.492 e. The summed E-state index contributed by atoms with van der Waals surface area (Å²) < 4.78 is 33.8. The fraction of sp³-hybridized carbons (Fsp3) is 0.529. The van der Waals surface area contributed by atoms with E-state index in [2.05, 4.69) is 5.32 Å². The van der Waals surface area contributed by atoms with E-state index in [4.69, 9.17) is 21.1 Å². The van der Waals surface area contributed by atoms with Gasteiger partial charge in [0.1, 0.15) is 12.4 Å². The molecule has 1 saturated heterocycles. The molecule has 2 aliphatic rings. The maximum atomic E-state index is 12.2. The Morgan fingerprint density at radius 1 is 1.42 bits per heavy atom. The normalized spacial score (nSPS) is 26.5. The van der Waals surface area contributed by atoms with Crippen molar-refractivity contribution in [1.29, 1.82) is 0 Å². The first-order chi connectivity index (χ1) is 12.2. The zero-order valence-electron chi connectivity index (χ0n) is 14.3. The van der Waals surface area contributed by atoms with Crippen molar-refractivity contribution < 1.29 is 27.5 Å². The number of sulfone groups is 1. The Morgan fingerprint density at radius 2 is 2.19 bits per heavy atom. The van der Waals surface area contributed by atoms with Crippen LogP contribution in [0.5, 0.6) is 5.75 Å². The first-order valence-corrected chi connectivity index (χ1v) is 10.5. The number of fused-ring (bicyclic) bond motifs is 1. The highest BCUT2D eigenvalue weighted by atomic mass is 35.5. The first-order valence-electron chi connectivity index (χ1n) is 8.25. The van der Waals surface area contributed by atoms with Crippen LogP contribution in [-0.4, -0.2) is 50.6 Å². The number of benzene rings is 1. The van der Waals surface area contributed by atoms with Crippen molar-refractivity contribution in [1.82, 2.24) is 5.32 Å². The van der Waals surface area contributed by atoms with Crippen molar-refractivity contribution in [2.75, 3.05) is 24.7 Å². The van der Waals surface area contributed by atoms with Gasteiger partial charge in [-0.25, -0.2) is 8.42 Å². The number of amides is 1. The lowest BCUT2D eigenvalue weighted by atomic mass is 9.97. The molecule has 2 atom stereocenters. The van der Waals surface area contributed by atoms with E-state index in [9.17, 15) is 18.0 Å². The van der Waals surface area contributed by atoms with Crippen LogP contribution in [0.25, 0.3) is 0 Å². The van der Waals surface area contributed by atoms with Gasteiger partial charge < -0.3 is 14.8 Å². The Hall–Kier alpha value is -1.80. The van der Waals surface area contributed by atoms with E-state index in [1.165, 1.54) is 0 Å². The van der Waals surface area contributed by atoms with Gasteiger partial charge in [-0.2, -0.15) is 0 Å². The Labute approximate surface area is 156 Å². The van der Waals surface area contributed by atoms with E-state index in [1.807, 2.05) is 0 Å². The maximum absolute atomic E-state index is 12.2. The first kappa shape index (κ1) is 19.0. The topological polar surface area (TPSA) is 98.8 Å². The third kappa shape index (κ3) is 4.48. The number of esters is 1. The van der Waals surface area contributed by atoms with Crippen LogP contribution in [0.2, 0.25) is 5.02 Å². The molecule has 0 bridgehead atoms. The Morgan fingerprint density at radius 3 is 2.88 bits per heavy atom. The third-order valence-electron chi connectivity index (χ3n) is 4.55. The highest BCUT2D eigenvalue weighted by Crippen LogP contribution is 2.30. The van der Waals surface area contributed by atoms with E-state index in [1.54, 1.807) is 25.1 Å². The van der Waals surface area contributed by atoms with Crippen LogP contribution in [0.4, 0.5) is 0 Å². The molecule has 1 aromatic carbocycles. The summed E-state index contributed by atoms with van der Waals surface area (Å²) in [5, 5.41) is 3.20. The lowest BCUT2D eigenvalue weighted by molar-refractivity contribution is -0.154. The third-order valence-corrected chi connectivity index (χ3v) is 6.69. The summed E-state index contributed by atoms with van der Waals surface area (Å²) in [5.74, 6) is -0.936. The van der Waals surface area contributed by atoms with Crippen LogP contribution in [0.15, 0.2) is 18.2 Å². The molecule has 1 N–H and O–H groups in total. The molecule has 9 heteroatoms. The van der Waals surface area contributed by atoms with Gasteiger partial charge in [-0.1, -0.05) is 11.6 Å². The van der Waals surface area contributed by atoms with Crippen molar-refractivity contribution in [3.05, 3.63) is 28.8 Å². The van der Waals surface area contributed by atoms with Crippen molar-refractivity contribution in [2.45, 2.75) is 25.3 Å². The molecule has 0 saturated carbocycles. The molecule has 3 rings (SSSR count). The van der Waals surface area contributed by atoms with E-state index in [0.29, 0.717) is 23.6 Å². The Balaban J connectivity index is 1.51. The van der Waals surface area contributed by atoms with Crippen molar-refractivity contribution in [3.63, 3.8) is 0 Å². The highest BCUT2D eigenvalue weighted by molar-refractivity contribution is 7.91. The van der Waals surface area contributed by atoms with Crippen LogP contribution in [0.1, 0.15) is 18.9 Å². The van der Waals surface area contributed by atoms with Gasteiger partial charge in [-0.3, -0.25) is 9.59 Å². The molecule has 0 aliphatic carbocycles. The fourth-order valence-electron chi connectivity index (χ4n) is 3.25. The number of carbonyl (C=O) groups excluding carboxylic acids is 2. The molecule has 1 aromatic rings. The Kier molecular flexibility index (Phi) is 5.16. The second-order valence-electron chi connectivity index (χ2n) is 7.02. The monoisotopic (exact) mass is 401 g/mol. The predicted octanol–water partition coefficient (Wildman–Crippen LogP) is 1.13. The number of hydrogen-bond donors (Lipinski definition) is 1. The molecule has 0 radical (unpaired) electrons. The molecule has 142 valence electrons. The second-order valence-corrected chi connectivity index (χ2v) is 9.64. The van der Waals surface area contributed by atoms with E-state index in [0.717, 1.165) is 5.56 Å². The summed E-state index contributed by atoms with van der Waals surface area (Å²) in [7, 11) is -3.13. The Bertz CT molecular complexity index is 840. The van der Waals surface area contributed by atoms with Crippen molar-refractivity contribution in [2.24, 2.45) is 5.92 Å². The molecule has 0 aromatic heterocycles. The van der Waals surface area contributed by atoms with Gasteiger partial charge in [0.25, 0.3) is 5.91 Å². The zero-order valence-corrected chi connectivity index (χ0v) is 15.9. The molecule has 1 fully saturated rings. The second kappa shape index (κ2) is 7.08. The molecule has 7 nitrogen and oxygen atoms in total. The van der Waals surface area contributed by atoms with Crippen LogP contribution in [0, 0.1) is 5.92 Å². The molecule has 2 heterocycles.